The molecular formula is C20H24N6O3. The van der Waals surface area contributed by atoms with Crippen molar-refractivity contribution < 1.29 is 9.53 Å². The minimum absolute atomic E-state index is 0.147. The van der Waals surface area contributed by atoms with Crippen LogP contribution in [-0.2, 0) is 9.53 Å². The molecule has 0 spiro atoms. The number of aromatic nitrogens is 2. The molecule has 152 valence electrons. The van der Waals surface area contributed by atoms with Crippen LogP contribution in [0.15, 0.2) is 34.8 Å². The standard InChI is InChI=1S/C20H24N6O3/c1-24-8-10-25(11-9-24)18-16(13-15(14-21)19(27)22-6-12-29-2)20(28)26-7-4-3-5-17(26)23-18/h3-5,7,13H,6,8-12H2,1-2H3,(H,22,27)/b15-13+. The van der Waals surface area contributed by atoms with Crippen LogP contribution in [0.5, 0.6) is 0 Å². The highest BCUT2D eigenvalue weighted by molar-refractivity contribution is 6.02. The lowest BCUT2D eigenvalue weighted by Crippen LogP contribution is -2.45. The van der Waals surface area contributed by atoms with E-state index in [1.165, 1.54) is 17.6 Å². The van der Waals surface area contributed by atoms with Gasteiger partial charge in [0.15, 0.2) is 0 Å². The summed E-state index contributed by atoms with van der Waals surface area (Å²) in [6, 6.07) is 7.21. The van der Waals surface area contributed by atoms with Crippen molar-refractivity contribution in [3.8, 4) is 6.07 Å². The predicted molar refractivity (Wildman–Crippen MR) is 110 cm³/mol. The van der Waals surface area contributed by atoms with Crippen LogP contribution in [0.1, 0.15) is 5.56 Å². The fraction of sp³-hybridized carbons (Fsp3) is 0.400. The van der Waals surface area contributed by atoms with Gasteiger partial charge < -0.3 is 19.9 Å². The molecule has 9 nitrogen and oxygen atoms in total. The molecule has 0 radical (unpaired) electrons. The van der Waals surface area contributed by atoms with Crippen LogP contribution in [0.4, 0.5) is 5.82 Å². The number of fused-ring (bicyclic) bond motifs is 1. The summed E-state index contributed by atoms with van der Waals surface area (Å²) in [5.74, 6) is -0.0572. The maximum atomic E-state index is 13.2. The highest BCUT2D eigenvalue weighted by Gasteiger charge is 2.22. The Balaban J connectivity index is 2.08. The van der Waals surface area contributed by atoms with Gasteiger partial charge in [-0.3, -0.25) is 14.0 Å². The summed E-state index contributed by atoms with van der Waals surface area (Å²) in [5.41, 5.74) is 0.288. The van der Waals surface area contributed by atoms with Gasteiger partial charge in [-0.1, -0.05) is 6.07 Å². The van der Waals surface area contributed by atoms with E-state index in [1.807, 2.05) is 24.1 Å². The van der Waals surface area contributed by atoms with Gasteiger partial charge >= 0.3 is 0 Å². The number of pyridine rings is 1. The van der Waals surface area contributed by atoms with E-state index in [0.717, 1.165) is 13.1 Å². The summed E-state index contributed by atoms with van der Waals surface area (Å²) in [6.45, 7) is 3.68. The van der Waals surface area contributed by atoms with Crippen molar-refractivity contribution in [1.82, 2.24) is 19.6 Å². The van der Waals surface area contributed by atoms with Crippen molar-refractivity contribution in [2.45, 2.75) is 0 Å². The van der Waals surface area contributed by atoms with Crippen molar-refractivity contribution in [2.75, 3.05) is 58.4 Å². The number of carbonyl (C=O) groups excluding carboxylic acids is 1. The van der Waals surface area contributed by atoms with E-state index < -0.39 is 5.91 Å². The smallest absolute Gasteiger partial charge is 0.267 e. The molecule has 9 heteroatoms. The molecule has 2 aromatic heterocycles. The summed E-state index contributed by atoms with van der Waals surface area (Å²) >= 11 is 0. The molecule has 0 saturated carbocycles. The maximum Gasteiger partial charge on any atom is 0.267 e. The topological polar surface area (TPSA) is 103 Å². The number of likely N-dealkylation sites (N-methyl/N-ethyl adjacent to an activating group) is 1. The van der Waals surface area contributed by atoms with Gasteiger partial charge in [0.05, 0.1) is 12.2 Å². The maximum absolute atomic E-state index is 13.2. The van der Waals surface area contributed by atoms with E-state index in [4.69, 9.17) is 4.74 Å². The first-order valence-corrected chi connectivity index (χ1v) is 9.39. The number of anilines is 1. The summed E-state index contributed by atoms with van der Waals surface area (Å²) < 4.78 is 6.33. The lowest BCUT2D eigenvalue weighted by molar-refractivity contribution is -0.117. The zero-order valence-corrected chi connectivity index (χ0v) is 16.6. The summed E-state index contributed by atoms with van der Waals surface area (Å²) in [6.07, 6.45) is 2.96. The van der Waals surface area contributed by atoms with Gasteiger partial charge in [-0.05, 0) is 25.3 Å². The van der Waals surface area contributed by atoms with Crippen LogP contribution < -0.4 is 15.8 Å². The molecule has 1 aliphatic heterocycles. The number of methoxy groups -OCH3 is 1. The van der Waals surface area contributed by atoms with Crippen molar-refractivity contribution >= 4 is 23.4 Å². The first-order chi connectivity index (χ1) is 14.0. The molecule has 1 saturated heterocycles. The largest absolute Gasteiger partial charge is 0.383 e. The van der Waals surface area contributed by atoms with Gasteiger partial charge in [0, 0.05) is 46.0 Å². The fourth-order valence-corrected chi connectivity index (χ4v) is 3.13. The number of nitriles is 1. The molecule has 0 unspecified atom stereocenters. The number of hydrogen-bond donors (Lipinski definition) is 1. The van der Waals surface area contributed by atoms with Crippen LogP contribution in [0.3, 0.4) is 0 Å². The average molecular weight is 396 g/mol. The zero-order chi connectivity index (χ0) is 20.8. The second-order valence-electron chi connectivity index (χ2n) is 6.79. The Morgan fingerprint density at radius 3 is 2.79 bits per heavy atom. The van der Waals surface area contributed by atoms with Crippen molar-refractivity contribution in [1.29, 1.82) is 5.26 Å². The highest BCUT2D eigenvalue weighted by Crippen LogP contribution is 2.20. The molecule has 1 aliphatic rings. The van der Waals surface area contributed by atoms with E-state index in [1.54, 1.807) is 18.3 Å². The lowest BCUT2D eigenvalue weighted by Gasteiger charge is -2.34. The molecule has 0 aromatic carbocycles. The Hall–Kier alpha value is -3.22. The van der Waals surface area contributed by atoms with Gasteiger partial charge in [0.2, 0.25) is 0 Å². The summed E-state index contributed by atoms with van der Waals surface area (Å²) in [4.78, 5) is 34.4. The Bertz CT molecular complexity index is 1020. The highest BCUT2D eigenvalue weighted by atomic mass is 16.5. The third-order valence-corrected chi connectivity index (χ3v) is 4.80. The number of piperazine rings is 1. The van der Waals surface area contributed by atoms with Crippen molar-refractivity contribution in [3.05, 3.63) is 45.9 Å². The van der Waals surface area contributed by atoms with Crippen LogP contribution in [0.2, 0.25) is 0 Å². The Labute approximate surface area is 168 Å². The number of nitrogens with one attached hydrogen (secondary N) is 1. The van der Waals surface area contributed by atoms with E-state index in [0.29, 0.717) is 31.2 Å². The Kier molecular flexibility index (Phi) is 6.59. The lowest BCUT2D eigenvalue weighted by atomic mass is 10.1. The Morgan fingerprint density at radius 1 is 1.34 bits per heavy atom. The number of ether oxygens (including phenoxy) is 1. The second kappa shape index (κ2) is 9.32. The molecule has 3 heterocycles. The van der Waals surface area contributed by atoms with Gasteiger partial charge in [0.25, 0.3) is 11.5 Å². The van der Waals surface area contributed by atoms with Gasteiger partial charge in [0.1, 0.15) is 23.1 Å². The molecule has 2 aromatic rings. The third-order valence-electron chi connectivity index (χ3n) is 4.80. The minimum atomic E-state index is -0.550. The molecule has 29 heavy (non-hydrogen) atoms. The molecule has 1 amide bonds. The van der Waals surface area contributed by atoms with Crippen LogP contribution in [0, 0.1) is 11.3 Å². The SMILES string of the molecule is COCCNC(=O)/C(C#N)=C/c1c(N2CCN(C)CC2)nc2ccccn2c1=O. The fourth-order valence-electron chi connectivity index (χ4n) is 3.13. The van der Waals surface area contributed by atoms with Crippen LogP contribution in [0.25, 0.3) is 11.7 Å². The zero-order valence-electron chi connectivity index (χ0n) is 16.6. The second-order valence-corrected chi connectivity index (χ2v) is 6.79. The van der Waals surface area contributed by atoms with E-state index >= 15 is 0 Å². The predicted octanol–water partition coefficient (Wildman–Crippen LogP) is 0.116. The first-order valence-electron chi connectivity index (χ1n) is 9.39. The monoisotopic (exact) mass is 396 g/mol. The van der Waals surface area contributed by atoms with Gasteiger partial charge in [-0.2, -0.15) is 5.26 Å². The average Bonchev–Trinajstić information content (AvgIpc) is 2.74. The van der Waals surface area contributed by atoms with E-state index in [9.17, 15) is 14.9 Å². The van der Waals surface area contributed by atoms with Crippen LogP contribution >= 0.6 is 0 Å². The van der Waals surface area contributed by atoms with Crippen molar-refractivity contribution in [3.63, 3.8) is 0 Å². The van der Waals surface area contributed by atoms with Gasteiger partial charge in [-0.25, -0.2) is 4.98 Å². The first kappa shape index (κ1) is 20.5. The quantitative estimate of drug-likeness (QED) is 0.420. The molecule has 0 aliphatic carbocycles. The summed E-state index contributed by atoms with van der Waals surface area (Å²) in [5, 5.41) is 12.1. The van der Waals surface area contributed by atoms with Crippen LogP contribution in [-0.4, -0.2) is 73.7 Å². The third kappa shape index (κ3) is 4.62. The number of hydrogen-bond acceptors (Lipinski definition) is 7. The van der Waals surface area contributed by atoms with E-state index in [2.05, 4.69) is 15.2 Å². The van der Waals surface area contributed by atoms with Crippen molar-refractivity contribution in [2.24, 2.45) is 0 Å². The molecule has 1 N–H and O–H groups in total. The molecule has 1 fully saturated rings. The molecule has 3 rings (SSSR count). The number of carbonyl (C=O) groups is 1. The van der Waals surface area contributed by atoms with E-state index in [-0.39, 0.29) is 23.2 Å². The van der Waals surface area contributed by atoms with Gasteiger partial charge in [-0.15, -0.1) is 0 Å². The number of rotatable bonds is 6. The number of nitrogens with zero attached hydrogens (tertiary/aromatic N) is 5. The number of amides is 1. The molecule has 0 atom stereocenters. The summed E-state index contributed by atoms with van der Waals surface area (Å²) in [7, 11) is 3.57. The molecule has 0 bridgehead atoms. The molecular weight excluding hydrogens is 372 g/mol. The Morgan fingerprint density at radius 2 is 2.10 bits per heavy atom. The normalized spacial score (nSPS) is 15.3. The minimum Gasteiger partial charge on any atom is -0.383 e.